The monoisotopic (exact) mass is 392 g/mol. The number of unbranched alkanes of at least 4 members (excludes halogenated alkanes) is 2. The number of nitrogens with one attached hydrogen (secondary N) is 1. The number of aliphatic hydroxyl groups is 2. The predicted molar refractivity (Wildman–Crippen MR) is 114 cm³/mol. The summed E-state index contributed by atoms with van der Waals surface area (Å²) in [7, 11) is 3.59. The van der Waals surface area contributed by atoms with Gasteiger partial charge in [-0.15, -0.1) is 0 Å². The minimum Gasteiger partial charge on any atom is -0.392 e. The number of aliphatic hydroxyl groups excluding tert-OH is 2. The van der Waals surface area contributed by atoms with E-state index in [0.717, 1.165) is 58.0 Å². The second kappa shape index (κ2) is 11.7. The van der Waals surface area contributed by atoms with Crippen LogP contribution in [0.1, 0.15) is 58.3 Å². The van der Waals surface area contributed by atoms with Crippen LogP contribution in [0.15, 0.2) is 23.8 Å². The van der Waals surface area contributed by atoms with Gasteiger partial charge in [0, 0.05) is 33.0 Å². The van der Waals surface area contributed by atoms with E-state index in [1.54, 1.807) is 19.0 Å². The topological polar surface area (TPSA) is 72.8 Å². The summed E-state index contributed by atoms with van der Waals surface area (Å²) in [5.74, 6) is 1.24. The maximum Gasteiger partial charge on any atom is 0.222 e. The van der Waals surface area contributed by atoms with Crippen molar-refractivity contribution in [3.05, 3.63) is 23.8 Å². The van der Waals surface area contributed by atoms with Crippen molar-refractivity contribution < 1.29 is 15.0 Å². The lowest BCUT2D eigenvalue weighted by molar-refractivity contribution is -0.128. The zero-order valence-corrected chi connectivity index (χ0v) is 17.9. The second-order valence-corrected chi connectivity index (χ2v) is 8.75. The molecule has 0 bridgehead atoms. The molecule has 1 saturated carbocycles. The summed E-state index contributed by atoms with van der Waals surface area (Å²) in [6.07, 6.45) is 13.1. The molecule has 2 rings (SSSR count). The van der Waals surface area contributed by atoms with Crippen molar-refractivity contribution in [2.24, 2.45) is 17.8 Å². The van der Waals surface area contributed by atoms with E-state index in [4.69, 9.17) is 0 Å². The number of rotatable bonds is 12. The Labute approximate surface area is 170 Å². The zero-order valence-electron chi connectivity index (χ0n) is 17.9. The van der Waals surface area contributed by atoms with Gasteiger partial charge >= 0.3 is 0 Å². The number of carbonyl (C=O) groups is 1. The molecule has 1 amide bonds. The van der Waals surface area contributed by atoms with Crippen LogP contribution in [0.5, 0.6) is 0 Å². The van der Waals surface area contributed by atoms with Crippen molar-refractivity contribution in [1.29, 1.82) is 0 Å². The predicted octanol–water partition coefficient (Wildman–Crippen LogP) is 2.89. The first-order valence-corrected chi connectivity index (χ1v) is 11.1. The molecule has 5 heteroatoms. The standard InChI is InChI=1S/C23H40N2O3/c1-4-5-6-8-19(26)10-11-20-21-14-17(13-18(21)15-22(20)27)16-24-12-7-9-23(28)25(2)3/h10-11,13,18-22,24,26-27H,4-9,12,14-16H2,1-3H3/t18-,19-,20+,21-,22+/m0/s1. The van der Waals surface area contributed by atoms with Gasteiger partial charge in [-0.1, -0.05) is 50.0 Å². The van der Waals surface area contributed by atoms with Crippen LogP contribution in [0.2, 0.25) is 0 Å². The van der Waals surface area contributed by atoms with E-state index in [-0.39, 0.29) is 17.9 Å². The fraction of sp³-hybridized carbons (Fsp3) is 0.783. The van der Waals surface area contributed by atoms with Gasteiger partial charge in [0.2, 0.25) is 5.91 Å². The fourth-order valence-electron chi connectivity index (χ4n) is 4.53. The van der Waals surface area contributed by atoms with E-state index in [1.165, 1.54) is 5.57 Å². The van der Waals surface area contributed by atoms with Gasteiger partial charge in [0.15, 0.2) is 0 Å². The SMILES string of the molecule is CCCCC[C@H](O)C=C[C@@H]1[C@H]2CC(CNCCCC(=O)N(C)C)=C[C@H]2C[C@H]1O. The second-order valence-electron chi connectivity index (χ2n) is 8.75. The summed E-state index contributed by atoms with van der Waals surface area (Å²) in [5, 5.41) is 24.0. The molecule has 0 heterocycles. The number of allylic oxidation sites excluding steroid dienone is 1. The molecule has 0 aromatic heterocycles. The Kier molecular flexibility index (Phi) is 9.69. The highest BCUT2D eigenvalue weighted by molar-refractivity contribution is 5.75. The highest BCUT2D eigenvalue weighted by atomic mass is 16.3. The molecule has 2 aliphatic carbocycles. The van der Waals surface area contributed by atoms with Gasteiger partial charge in [-0.05, 0) is 44.1 Å². The summed E-state index contributed by atoms with van der Waals surface area (Å²) >= 11 is 0. The quantitative estimate of drug-likeness (QED) is 0.353. The van der Waals surface area contributed by atoms with Crippen LogP contribution in [-0.4, -0.2) is 60.4 Å². The molecule has 0 aromatic carbocycles. The summed E-state index contributed by atoms with van der Waals surface area (Å²) in [5.41, 5.74) is 1.42. The largest absolute Gasteiger partial charge is 0.392 e. The number of fused-ring (bicyclic) bond motifs is 1. The summed E-state index contributed by atoms with van der Waals surface area (Å²) in [4.78, 5) is 13.2. The Hall–Kier alpha value is -1.17. The van der Waals surface area contributed by atoms with Gasteiger partial charge in [0.1, 0.15) is 0 Å². The third kappa shape index (κ3) is 7.02. The highest BCUT2D eigenvalue weighted by Gasteiger charge is 2.43. The van der Waals surface area contributed by atoms with Gasteiger partial charge < -0.3 is 20.4 Å². The lowest BCUT2D eigenvalue weighted by atomic mass is 9.89. The van der Waals surface area contributed by atoms with E-state index in [2.05, 4.69) is 24.4 Å². The number of carbonyl (C=O) groups excluding carboxylic acids is 1. The first-order chi connectivity index (χ1) is 13.4. The first-order valence-electron chi connectivity index (χ1n) is 11.1. The van der Waals surface area contributed by atoms with Crippen LogP contribution < -0.4 is 5.32 Å². The molecule has 28 heavy (non-hydrogen) atoms. The molecule has 5 nitrogen and oxygen atoms in total. The maximum atomic E-state index is 11.6. The number of amides is 1. The molecule has 0 radical (unpaired) electrons. The van der Waals surface area contributed by atoms with Crippen molar-refractivity contribution in [2.45, 2.75) is 70.5 Å². The lowest BCUT2D eigenvalue weighted by Gasteiger charge is -2.19. The van der Waals surface area contributed by atoms with Crippen molar-refractivity contribution in [3.8, 4) is 0 Å². The average molecular weight is 393 g/mol. The van der Waals surface area contributed by atoms with E-state index < -0.39 is 6.10 Å². The van der Waals surface area contributed by atoms with Gasteiger partial charge in [-0.3, -0.25) is 4.79 Å². The molecule has 3 N–H and O–H groups in total. The Bertz CT molecular complexity index is 544. The first kappa shape index (κ1) is 23.1. The Balaban J connectivity index is 1.72. The van der Waals surface area contributed by atoms with Crippen molar-refractivity contribution in [2.75, 3.05) is 27.2 Å². The van der Waals surface area contributed by atoms with E-state index in [1.807, 2.05) is 6.08 Å². The molecule has 1 fully saturated rings. The Morgan fingerprint density at radius 1 is 1.36 bits per heavy atom. The molecular weight excluding hydrogens is 352 g/mol. The zero-order chi connectivity index (χ0) is 20.5. The lowest BCUT2D eigenvalue weighted by Crippen LogP contribution is -2.24. The Morgan fingerprint density at radius 2 is 2.14 bits per heavy atom. The third-order valence-electron chi connectivity index (χ3n) is 6.20. The fourth-order valence-corrected chi connectivity index (χ4v) is 4.53. The van der Waals surface area contributed by atoms with Gasteiger partial charge in [-0.25, -0.2) is 0 Å². The minimum atomic E-state index is -0.391. The minimum absolute atomic E-state index is 0.150. The molecule has 0 unspecified atom stereocenters. The Morgan fingerprint density at radius 3 is 2.86 bits per heavy atom. The smallest absolute Gasteiger partial charge is 0.222 e. The summed E-state index contributed by atoms with van der Waals surface area (Å²) in [6.45, 7) is 3.89. The molecule has 160 valence electrons. The van der Waals surface area contributed by atoms with Crippen LogP contribution in [0.25, 0.3) is 0 Å². The van der Waals surface area contributed by atoms with E-state index in [9.17, 15) is 15.0 Å². The van der Waals surface area contributed by atoms with Crippen LogP contribution >= 0.6 is 0 Å². The van der Waals surface area contributed by atoms with Crippen molar-refractivity contribution >= 4 is 5.91 Å². The van der Waals surface area contributed by atoms with Gasteiger partial charge in [0.05, 0.1) is 12.2 Å². The van der Waals surface area contributed by atoms with Crippen molar-refractivity contribution in [1.82, 2.24) is 10.2 Å². The highest BCUT2D eigenvalue weighted by Crippen LogP contribution is 2.47. The maximum absolute atomic E-state index is 11.6. The van der Waals surface area contributed by atoms with Gasteiger partial charge in [0.25, 0.3) is 0 Å². The molecule has 0 saturated heterocycles. The normalized spacial score (nSPS) is 27.8. The number of hydrogen-bond acceptors (Lipinski definition) is 4. The van der Waals surface area contributed by atoms with Crippen LogP contribution in [0.4, 0.5) is 0 Å². The van der Waals surface area contributed by atoms with E-state index in [0.29, 0.717) is 18.3 Å². The molecular formula is C23H40N2O3. The molecule has 2 aliphatic rings. The summed E-state index contributed by atoms with van der Waals surface area (Å²) < 4.78 is 0. The molecule has 0 spiro atoms. The molecule has 0 aliphatic heterocycles. The number of nitrogens with zero attached hydrogens (tertiary/aromatic N) is 1. The average Bonchev–Trinajstić information content (AvgIpc) is 3.16. The van der Waals surface area contributed by atoms with Crippen LogP contribution in [-0.2, 0) is 4.79 Å². The number of hydrogen-bond donors (Lipinski definition) is 3. The van der Waals surface area contributed by atoms with Crippen LogP contribution in [0, 0.1) is 17.8 Å². The third-order valence-corrected chi connectivity index (χ3v) is 6.20. The summed E-state index contributed by atoms with van der Waals surface area (Å²) in [6, 6.07) is 0. The van der Waals surface area contributed by atoms with Crippen LogP contribution in [0.3, 0.4) is 0 Å². The molecule has 0 aromatic rings. The van der Waals surface area contributed by atoms with E-state index >= 15 is 0 Å². The van der Waals surface area contributed by atoms with Gasteiger partial charge in [-0.2, -0.15) is 0 Å². The molecule has 5 atom stereocenters. The van der Waals surface area contributed by atoms with Crippen molar-refractivity contribution in [3.63, 3.8) is 0 Å².